The average Bonchev–Trinajstić information content (AvgIpc) is 2.82. The van der Waals surface area contributed by atoms with Gasteiger partial charge in [-0.2, -0.15) is 5.26 Å². The Morgan fingerprint density at radius 1 is 1.12 bits per heavy atom. The number of halogens is 1. The first kappa shape index (κ1) is 22.7. The van der Waals surface area contributed by atoms with E-state index < -0.39 is 17.8 Å². The molecule has 33 heavy (non-hydrogen) atoms. The number of rotatable bonds is 5. The van der Waals surface area contributed by atoms with Crippen LogP contribution in [-0.4, -0.2) is 28.8 Å². The second-order valence-electron chi connectivity index (χ2n) is 8.03. The smallest absolute Gasteiger partial charge is 0.331 e. The van der Waals surface area contributed by atoms with Crippen molar-refractivity contribution in [3.63, 3.8) is 0 Å². The number of amides is 4. The summed E-state index contributed by atoms with van der Waals surface area (Å²) in [5.74, 6) is -0.690. The number of nitrogens with one attached hydrogen (secondary N) is 1. The van der Waals surface area contributed by atoms with Gasteiger partial charge in [-0.15, -0.1) is 0 Å². The summed E-state index contributed by atoms with van der Waals surface area (Å²) >= 11 is 3.47. The highest BCUT2D eigenvalue weighted by Gasteiger charge is 2.40. The molecule has 1 heterocycles. The third-order valence-electron chi connectivity index (χ3n) is 5.86. The van der Waals surface area contributed by atoms with Gasteiger partial charge in [0.2, 0.25) is 0 Å². The monoisotopic (exact) mass is 507 g/mol. The van der Waals surface area contributed by atoms with E-state index in [-0.39, 0.29) is 18.2 Å². The normalized spacial score (nSPS) is 18.2. The molecule has 0 unspecified atom stereocenters. The van der Waals surface area contributed by atoms with Crippen molar-refractivity contribution >= 4 is 39.9 Å². The quantitative estimate of drug-likeness (QED) is 0.467. The van der Waals surface area contributed by atoms with Gasteiger partial charge in [0.05, 0.1) is 16.1 Å². The lowest BCUT2D eigenvalue weighted by Crippen LogP contribution is -2.58. The van der Waals surface area contributed by atoms with Gasteiger partial charge in [-0.3, -0.25) is 19.8 Å². The molecule has 0 aromatic heterocycles. The molecule has 0 spiro atoms. The van der Waals surface area contributed by atoms with Gasteiger partial charge in [0, 0.05) is 11.6 Å². The van der Waals surface area contributed by atoms with Crippen molar-refractivity contribution in [2.45, 2.75) is 44.8 Å². The van der Waals surface area contributed by atoms with Crippen LogP contribution in [0.15, 0.2) is 52.5 Å². The largest absolute Gasteiger partial charge is 0.488 e. The highest BCUT2D eigenvalue weighted by atomic mass is 79.9. The summed E-state index contributed by atoms with van der Waals surface area (Å²) in [7, 11) is 0. The van der Waals surface area contributed by atoms with Crippen LogP contribution in [-0.2, 0) is 16.2 Å². The molecule has 7 nitrogen and oxygen atoms in total. The maximum absolute atomic E-state index is 13.0. The summed E-state index contributed by atoms with van der Waals surface area (Å²) < 4.78 is 6.48. The zero-order valence-corrected chi connectivity index (χ0v) is 19.4. The second-order valence-corrected chi connectivity index (χ2v) is 8.89. The predicted octanol–water partition coefficient (Wildman–Crippen LogP) is 4.69. The zero-order chi connectivity index (χ0) is 23.4. The van der Waals surface area contributed by atoms with Crippen molar-refractivity contribution in [1.82, 2.24) is 10.2 Å². The molecular formula is C25H22BrN3O4. The zero-order valence-electron chi connectivity index (χ0n) is 17.8. The molecule has 2 aromatic carbocycles. The maximum atomic E-state index is 13.0. The number of carbonyl (C=O) groups is 3. The number of hydrogen-bond acceptors (Lipinski definition) is 5. The van der Waals surface area contributed by atoms with Crippen LogP contribution in [0.1, 0.15) is 48.8 Å². The first-order valence-electron chi connectivity index (χ1n) is 10.8. The first-order valence-corrected chi connectivity index (χ1v) is 11.6. The Kier molecular flexibility index (Phi) is 6.90. The molecule has 1 saturated carbocycles. The van der Waals surface area contributed by atoms with Gasteiger partial charge in [-0.1, -0.05) is 43.5 Å². The summed E-state index contributed by atoms with van der Waals surface area (Å²) in [5, 5.41) is 11.5. The van der Waals surface area contributed by atoms with E-state index in [1.807, 2.05) is 12.1 Å². The van der Waals surface area contributed by atoms with Crippen LogP contribution >= 0.6 is 15.9 Å². The molecular weight excluding hydrogens is 486 g/mol. The van der Waals surface area contributed by atoms with E-state index in [9.17, 15) is 19.6 Å². The minimum atomic E-state index is -0.693. The van der Waals surface area contributed by atoms with E-state index in [4.69, 9.17) is 4.74 Å². The number of imide groups is 2. The minimum absolute atomic E-state index is 0.0660. The molecule has 1 N–H and O–H groups in total. The lowest BCUT2D eigenvalue weighted by Gasteiger charge is -2.35. The SMILES string of the molecule is N#Cc1ccccc1COc1ccc(/C=C2/C(=O)NC(=O)N(C3CCCCC3)C2=O)cc1Br. The molecule has 1 aliphatic carbocycles. The molecule has 0 radical (unpaired) electrons. The molecule has 8 heteroatoms. The molecule has 168 valence electrons. The third-order valence-corrected chi connectivity index (χ3v) is 6.48. The Bertz CT molecular complexity index is 1180. The van der Waals surface area contributed by atoms with E-state index in [2.05, 4.69) is 27.3 Å². The summed E-state index contributed by atoms with van der Waals surface area (Å²) in [6.07, 6.45) is 6.01. The van der Waals surface area contributed by atoms with Gasteiger partial charge in [-0.05, 0) is 58.6 Å². The first-order chi connectivity index (χ1) is 16.0. The highest BCUT2D eigenvalue weighted by Crippen LogP contribution is 2.30. The summed E-state index contributed by atoms with van der Waals surface area (Å²) in [4.78, 5) is 39.0. The van der Waals surface area contributed by atoms with Crippen LogP contribution in [0.5, 0.6) is 5.75 Å². The van der Waals surface area contributed by atoms with Gasteiger partial charge < -0.3 is 4.74 Å². The third kappa shape index (κ3) is 4.99. The van der Waals surface area contributed by atoms with Crippen molar-refractivity contribution in [2.75, 3.05) is 0 Å². The topological polar surface area (TPSA) is 99.5 Å². The fraction of sp³-hybridized carbons (Fsp3) is 0.280. The number of ether oxygens (including phenoxy) is 1. The number of nitrogens with zero attached hydrogens (tertiary/aromatic N) is 2. The van der Waals surface area contributed by atoms with Gasteiger partial charge in [0.25, 0.3) is 11.8 Å². The van der Waals surface area contributed by atoms with Gasteiger partial charge in [0.1, 0.15) is 17.9 Å². The molecule has 1 saturated heterocycles. The summed E-state index contributed by atoms with van der Waals surface area (Å²) in [6, 6.07) is 13.7. The standard InChI is InChI=1S/C25H22BrN3O4/c26-21-13-16(10-11-22(21)33-15-18-7-5-4-6-17(18)14-27)12-20-23(30)28-25(32)29(24(20)31)19-8-2-1-3-9-19/h4-7,10-13,19H,1-3,8-9,15H2,(H,28,30,32)/b20-12-. The fourth-order valence-corrected chi connectivity index (χ4v) is 4.65. The number of benzene rings is 2. The second kappa shape index (κ2) is 10.0. The van der Waals surface area contributed by atoms with Gasteiger partial charge in [0.15, 0.2) is 0 Å². The Morgan fingerprint density at radius 3 is 2.61 bits per heavy atom. The lowest BCUT2D eigenvalue weighted by molar-refractivity contribution is -0.132. The lowest BCUT2D eigenvalue weighted by atomic mass is 9.93. The van der Waals surface area contributed by atoms with Crippen LogP contribution in [0, 0.1) is 11.3 Å². The number of barbiturate groups is 1. The average molecular weight is 508 g/mol. The molecule has 2 fully saturated rings. The van der Waals surface area contributed by atoms with Crippen LogP contribution in [0.3, 0.4) is 0 Å². The minimum Gasteiger partial charge on any atom is -0.488 e. The Labute approximate surface area is 200 Å². The molecule has 2 aromatic rings. The number of urea groups is 1. The Morgan fingerprint density at radius 2 is 1.88 bits per heavy atom. The summed E-state index contributed by atoms with van der Waals surface area (Å²) in [6.45, 7) is 0.224. The molecule has 4 rings (SSSR count). The van der Waals surface area contributed by atoms with E-state index >= 15 is 0 Å². The van der Waals surface area contributed by atoms with E-state index in [0.717, 1.165) is 37.7 Å². The number of hydrogen-bond donors (Lipinski definition) is 1. The van der Waals surface area contributed by atoms with Crippen LogP contribution in [0.25, 0.3) is 6.08 Å². The van der Waals surface area contributed by atoms with E-state index in [1.54, 1.807) is 30.3 Å². The Balaban J connectivity index is 1.52. The molecule has 0 bridgehead atoms. The van der Waals surface area contributed by atoms with Crippen molar-refractivity contribution in [3.8, 4) is 11.8 Å². The van der Waals surface area contributed by atoms with Crippen molar-refractivity contribution in [1.29, 1.82) is 5.26 Å². The van der Waals surface area contributed by atoms with Crippen molar-refractivity contribution < 1.29 is 19.1 Å². The molecule has 2 aliphatic rings. The fourth-order valence-electron chi connectivity index (χ4n) is 4.14. The maximum Gasteiger partial charge on any atom is 0.331 e. The molecule has 1 aliphatic heterocycles. The van der Waals surface area contributed by atoms with Crippen LogP contribution < -0.4 is 10.1 Å². The van der Waals surface area contributed by atoms with Crippen molar-refractivity contribution in [3.05, 3.63) is 69.2 Å². The van der Waals surface area contributed by atoms with Gasteiger partial charge >= 0.3 is 6.03 Å². The van der Waals surface area contributed by atoms with Crippen molar-refractivity contribution in [2.24, 2.45) is 0 Å². The Hall–Kier alpha value is -3.44. The molecule has 4 amide bonds. The summed E-state index contributed by atoms with van der Waals surface area (Å²) in [5.41, 5.74) is 1.87. The number of carbonyl (C=O) groups excluding carboxylic acids is 3. The highest BCUT2D eigenvalue weighted by molar-refractivity contribution is 9.10. The predicted molar refractivity (Wildman–Crippen MR) is 125 cm³/mol. The van der Waals surface area contributed by atoms with E-state index in [1.165, 1.54) is 11.0 Å². The van der Waals surface area contributed by atoms with Gasteiger partial charge in [-0.25, -0.2) is 4.79 Å². The van der Waals surface area contributed by atoms with Crippen LogP contribution in [0.2, 0.25) is 0 Å². The molecule has 0 atom stereocenters. The van der Waals surface area contributed by atoms with E-state index in [0.29, 0.717) is 21.3 Å². The van der Waals surface area contributed by atoms with Crippen LogP contribution in [0.4, 0.5) is 4.79 Å². The number of nitriles is 1.